The molecule has 0 spiro atoms. The summed E-state index contributed by atoms with van der Waals surface area (Å²) in [6.07, 6.45) is -4.44. The molecule has 0 saturated carbocycles. The zero-order valence-electron chi connectivity index (χ0n) is 6.00. The fraction of sp³-hybridized carbons (Fsp3) is 0.400. The van der Waals surface area contributed by atoms with Gasteiger partial charge in [0.1, 0.15) is 0 Å². The second-order valence-electron chi connectivity index (χ2n) is 1.82. The molecule has 0 N–H and O–H groups in total. The number of halogens is 3. The van der Waals surface area contributed by atoms with E-state index in [2.05, 4.69) is 10.2 Å². The first kappa shape index (κ1) is 10.3. The van der Waals surface area contributed by atoms with E-state index in [0.29, 0.717) is 11.3 Å². The van der Waals surface area contributed by atoms with E-state index in [1.165, 1.54) is 0 Å². The Morgan fingerprint density at radius 1 is 1.46 bits per heavy atom. The molecule has 1 heterocycles. The van der Waals surface area contributed by atoms with Crippen molar-refractivity contribution in [2.45, 2.75) is 10.5 Å². The van der Waals surface area contributed by atoms with Crippen LogP contribution in [-0.2, 0) is 6.18 Å². The van der Waals surface area contributed by atoms with Gasteiger partial charge < -0.3 is 0 Å². The van der Waals surface area contributed by atoms with E-state index < -0.39 is 11.2 Å². The SMILES string of the molecule is N#CCSc1nnc(C(F)(F)F)s1. The predicted molar refractivity (Wildman–Crippen MR) is 41.2 cm³/mol. The molecule has 0 bridgehead atoms. The van der Waals surface area contributed by atoms with Crippen molar-refractivity contribution in [3.05, 3.63) is 5.01 Å². The van der Waals surface area contributed by atoms with Gasteiger partial charge in [-0.2, -0.15) is 18.4 Å². The van der Waals surface area contributed by atoms with Crippen LogP contribution in [0.1, 0.15) is 5.01 Å². The summed E-state index contributed by atoms with van der Waals surface area (Å²) in [4.78, 5) is 0. The second-order valence-corrected chi connectivity index (χ2v) is 4.02. The Hall–Kier alpha value is -0.810. The highest BCUT2D eigenvalue weighted by molar-refractivity contribution is 8.01. The van der Waals surface area contributed by atoms with Gasteiger partial charge >= 0.3 is 6.18 Å². The second kappa shape index (κ2) is 3.93. The number of hydrogen-bond donors (Lipinski definition) is 0. The van der Waals surface area contributed by atoms with Crippen molar-refractivity contribution in [1.82, 2.24) is 10.2 Å². The molecule has 0 fully saturated rings. The van der Waals surface area contributed by atoms with E-state index in [4.69, 9.17) is 5.26 Å². The van der Waals surface area contributed by atoms with Gasteiger partial charge in [0.15, 0.2) is 4.34 Å². The minimum absolute atomic E-state index is 0.0759. The van der Waals surface area contributed by atoms with Crippen LogP contribution in [0.15, 0.2) is 4.34 Å². The number of hydrogen-bond acceptors (Lipinski definition) is 5. The smallest absolute Gasteiger partial charge is 0.197 e. The first-order valence-corrected chi connectivity index (χ1v) is 4.74. The molecule has 1 aromatic rings. The lowest BCUT2D eigenvalue weighted by Crippen LogP contribution is -2.03. The number of alkyl halides is 3. The molecule has 3 nitrogen and oxygen atoms in total. The molecule has 0 unspecified atom stereocenters. The average Bonchev–Trinajstić information content (AvgIpc) is 2.47. The molecule has 0 aromatic carbocycles. The summed E-state index contributed by atoms with van der Waals surface area (Å²) in [6, 6.07) is 1.78. The topological polar surface area (TPSA) is 49.6 Å². The maximum absolute atomic E-state index is 12.0. The van der Waals surface area contributed by atoms with Gasteiger partial charge in [-0.3, -0.25) is 0 Å². The first-order valence-electron chi connectivity index (χ1n) is 2.94. The van der Waals surface area contributed by atoms with Gasteiger partial charge in [0.2, 0.25) is 5.01 Å². The Labute approximate surface area is 79.6 Å². The lowest BCUT2D eigenvalue weighted by Gasteiger charge is -1.97. The molecule has 13 heavy (non-hydrogen) atoms. The summed E-state index contributed by atoms with van der Waals surface area (Å²) in [6.45, 7) is 0. The van der Waals surface area contributed by atoms with Crippen molar-refractivity contribution in [1.29, 1.82) is 5.26 Å². The predicted octanol–water partition coefficient (Wildman–Crippen LogP) is 2.17. The van der Waals surface area contributed by atoms with Crippen LogP contribution >= 0.6 is 23.1 Å². The highest BCUT2D eigenvalue weighted by Gasteiger charge is 2.35. The van der Waals surface area contributed by atoms with E-state index in [-0.39, 0.29) is 10.1 Å². The Balaban J connectivity index is 2.71. The van der Waals surface area contributed by atoms with Crippen molar-refractivity contribution in [2.24, 2.45) is 0 Å². The maximum atomic E-state index is 12.0. The van der Waals surface area contributed by atoms with E-state index in [1.807, 2.05) is 0 Å². The third kappa shape index (κ3) is 2.86. The van der Waals surface area contributed by atoms with E-state index in [9.17, 15) is 13.2 Å². The van der Waals surface area contributed by atoms with Gasteiger partial charge in [0.05, 0.1) is 11.8 Å². The van der Waals surface area contributed by atoms with Crippen LogP contribution in [0.4, 0.5) is 13.2 Å². The zero-order chi connectivity index (χ0) is 9.90. The van der Waals surface area contributed by atoms with Crippen molar-refractivity contribution >= 4 is 23.1 Å². The summed E-state index contributed by atoms with van der Waals surface area (Å²) in [5.74, 6) is 0.0759. The number of nitriles is 1. The molecule has 1 rings (SSSR count). The van der Waals surface area contributed by atoms with E-state index in [0.717, 1.165) is 11.8 Å². The lowest BCUT2D eigenvalue weighted by atomic mass is 10.7. The molecule has 1 aromatic heterocycles. The summed E-state index contributed by atoms with van der Waals surface area (Å²) in [5, 5.41) is 13.4. The van der Waals surface area contributed by atoms with E-state index >= 15 is 0 Å². The molecule has 0 amide bonds. The standard InChI is InChI=1S/C5H2F3N3S2/c6-5(7,8)3-10-11-4(13-3)12-2-1-9/h2H2. The number of rotatable bonds is 2. The van der Waals surface area contributed by atoms with Crippen LogP contribution in [0.3, 0.4) is 0 Å². The monoisotopic (exact) mass is 225 g/mol. The molecule has 0 aliphatic heterocycles. The number of aromatic nitrogens is 2. The van der Waals surface area contributed by atoms with Gasteiger partial charge in [-0.25, -0.2) is 0 Å². The van der Waals surface area contributed by atoms with Crippen LogP contribution in [0.2, 0.25) is 0 Å². The van der Waals surface area contributed by atoms with Gasteiger partial charge in [-0.05, 0) is 0 Å². The summed E-state index contributed by atoms with van der Waals surface area (Å²) in [7, 11) is 0. The molecule has 0 aliphatic carbocycles. The van der Waals surface area contributed by atoms with Gasteiger partial charge in [-0.1, -0.05) is 23.1 Å². The van der Waals surface area contributed by atoms with Crippen LogP contribution < -0.4 is 0 Å². The van der Waals surface area contributed by atoms with Crippen molar-refractivity contribution < 1.29 is 13.2 Å². The largest absolute Gasteiger partial charge is 0.445 e. The van der Waals surface area contributed by atoms with Gasteiger partial charge in [0, 0.05) is 0 Å². The maximum Gasteiger partial charge on any atom is 0.445 e. The van der Waals surface area contributed by atoms with Crippen molar-refractivity contribution in [2.75, 3.05) is 5.75 Å². The molecule has 0 atom stereocenters. The van der Waals surface area contributed by atoms with Crippen molar-refractivity contribution in [3.63, 3.8) is 0 Å². The third-order valence-corrected chi connectivity index (χ3v) is 2.88. The molecule has 0 saturated heterocycles. The lowest BCUT2D eigenvalue weighted by molar-refractivity contribution is -0.138. The van der Waals surface area contributed by atoms with Crippen LogP contribution in [0, 0.1) is 11.3 Å². The number of thioether (sulfide) groups is 1. The molecular formula is C5H2F3N3S2. The molecule has 8 heteroatoms. The van der Waals surface area contributed by atoms with Gasteiger partial charge in [0.25, 0.3) is 0 Å². The highest BCUT2D eigenvalue weighted by Crippen LogP contribution is 2.34. The Morgan fingerprint density at radius 3 is 2.62 bits per heavy atom. The zero-order valence-corrected chi connectivity index (χ0v) is 7.63. The summed E-state index contributed by atoms with van der Waals surface area (Å²) >= 11 is 1.39. The number of nitrogens with zero attached hydrogens (tertiary/aromatic N) is 3. The fourth-order valence-corrected chi connectivity index (χ4v) is 1.86. The fourth-order valence-electron chi connectivity index (χ4n) is 0.477. The third-order valence-electron chi connectivity index (χ3n) is 0.909. The van der Waals surface area contributed by atoms with Crippen LogP contribution in [-0.4, -0.2) is 16.0 Å². The minimum Gasteiger partial charge on any atom is -0.197 e. The Morgan fingerprint density at radius 2 is 2.15 bits per heavy atom. The van der Waals surface area contributed by atoms with Crippen LogP contribution in [0.25, 0.3) is 0 Å². The van der Waals surface area contributed by atoms with Gasteiger partial charge in [-0.15, -0.1) is 10.2 Å². The molecule has 70 valence electrons. The summed E-state index contributed by atoms with van der Waals surface area (Å²) in [5.41, 5.74) is 0. The van der Waals surface area contributed by atoms with E-state index in [1.54, 1.807) is 6.07 Å². The Bertz CT molecular complexity index is 327. The molecule has 0 radical (unpaired) electrons. The minimum atomic E-state index is -4.44. The van der Waals surface area contributed by atoms with Crippen LogP contribution in [0.5, 0.6) is 0 Å². The molecule has 0 aliphatic rings. The van der Waals surface area contributed by atoms with Crippen molar-refractivity contribution in [3.8, 4) is 6.07 Å². The highest BCUT2D eigenvalue weighted by atomic mass is 32.2. The molecular weight excluding hydrogens is 223 g/mol. The Kier molecular flexibility index (Phi) is 3.11. The first-order chi connectivity index (χ1) is 6.04. The normalized spacial score (nSPS) is 11.2. The quantitative estimate of drug-likeness (QED) is 0.724. The summed E-state index contributed by atoms with van der Waals surface area (Å²) < 4.78 is 36.0. The average molecular weight is 225 g/mol.